The van der Waals surface area contributed by atoms with Gasteiger partial charge < -0.3 is 15.7 Å². The van der Waals surface area contributed by atoms with E-state index in [-0.39, 0.29) is 5.84 Å². The number of methoxy groups -OCH3 is 1. The number of ether oxygens (including phenoxy) is 1. The molecule has 0 atom stereocenters. The SMILES string of the molecule is CCN(CC(N)=NO)Cc1cccc(OC)n1. The first-order chi connectivity index (χ1) is 8.19. The molecular weight excluding hydrogens is 220 g/mol. The lowest BCUT2D eigenvalue weighted by Gasteiger charge is -2.18. The summed E-state index contributed by atoms with van der Waals surface area (Å²) in [5, 5.41) is 11.5. The molecule has 0 saturated heterocycles. The van der Waals surface area contributed by atoms with E-state index in [0.29, 0.717) is 19.0 Å². The van der Waals surface area contributed by atoms with Crippen molar-refractivity contribution >= 4 is 5.84 Å². The third kappa shape index (κ3) is 4.28. The standard InChI is InChI=1S/C11H18N4O2/c1-3-15(8-10(12)14-16)7-9-5-4-6-11(13-9)17-2/h4-6,16H,3,7-8H2,1-2H3,(H2,12,14). The number of pyridine rings is 1. The molecular formula is C11H18N4O2. The van der Waals surface area contributed by atoms with Gasteiger partial charge in [-0.1, -0.05) is 18.1 Å². The zero-order chi connectivity index (χ0) is 12.7. The van der Waals surface area contributed by atoms with Gasteiger partial charge in [0, 0.05) is 12.6 Å². The van der Waals surface area contributed by atoms with E-state index < -0.39 is 0 Å². The van der Waals surface area contributed by atoms with Crippen LogP contribution in [-0.4, -0.2) is 41.1 Å². The van der Waals surface area contributed by atoms with Crippen LogP contribution in [0.3, 0.4) is 0 Å². The van der Waals surface area contributed by atoms with Crippen LogP contribution in [0.4, 0.5) is 0 Å². The highest BCUT2D eigenvalue weighted by atomic mass is 16.5. The maximum atomic E-state index is 8.53. The Labute approximate surface area is 101 Å². The topological polar surface area (TPSA) is 84.0 Å². The zero-order valence-electron chi connectivity index (χ0n) is 10.1. The Kier molecular flexibility index (Phi) is 5.22. The van der Waals surface area contributed by atoms with Crippen LogP contribution in [0.1, 0.15) is 12.6 Å². The predicted octanol–water partition coefficient (Wildman–Crippen LogP) is 0.658. The zero-order valence-corrected chi connectivity index (χ0v) is 10.1. The summed E-state index contributed by atoms with van der Waals surface area (Å²) in [6.07, 6.45) is 0. The highest BCUT2D eigenvalue weighted by Crippen LogP contribution is 2.08. The summed E-state index contributed by atoms with van der Waals surface area (Å²) < 4.78 is 5.05. The minimum absolute atomic E-state index is 0.190. The van der Waals surface area contributed by atoms with Crippen LogP contribution >= 0.6 is 0 Å². The van der Waals surface area contributed by atoms with Crippen LogP contribution < -0.4 is 10.5 Å². The molecule has 0 radical (unpaired) electrons. The number of aromatic nitrogens is 1. The van der Waals surface area contributed by atoms with Crippen molar-refractivity contribution in [3.05, 3.63) is 23.9 Å². The van der Waals surface area contributed by atoms with Crippen molar-refractivity contribution in [1.29, 1.82) is 0 Å². The van der Waals surface area contributed by atoms with Crippen LogP contribution in [0, 0.1) is 0 Å². The van der Waals surface area contributed by atoms with E-state index in [1.165, 1.54) is 0 Å². The fraction of sp³-hybridized carbons (Fsp3) is 0.455. The minimum Gasteiger partial charge on any atom is -0.481 e. The summed E-state index contributed by atoms with van der Waals surface area (Å²) in [6.45, 7) is 3.83. The summed E-state index contributed by atoms with van der Waals surface area (Å²) in [5.74, 6) is 0.775. The largest absolute Gasteiger partial charge is 0.481 e. The van der Waals surface area contributed by atoms with Crippen LogP contribution in [0.15, 0.2) is 23.4 Å². The number of likely N-dealkylation sites (N-methyl/N-ethyl adjacent to an activating group) is 1. The molecule has 17 heavy (non-hydrogen) atoms. The van der Waals surface area contributed by atoms with E-state index in [1.54, 1.807) is 13.2 Å². The highest BCUT2D eigenvalue weighted by molar-refractivity contribution is 5.81. The van der Waals surface area contributed by atoms with E-state index in [2.05, 4.69) is 10.1 Å². The smallest absolute Gasteiger partial charge is 0.213 e. The van der Waals surface area contributed by atoms with Crippen molar-refractivity contribution in [3.8, 4) is 5.88 Å². The Morgan fingerprint density at radius 2 is 2.35 bits per heavy atom. The molecule has 6 nitrogen and oxygen atoms in total. The van der Waals surface area contributed by atoms with Crippen molar-refractivity contribution in [1.82, 2.24) is 9.88 Å². The fourth-order valence-corrected chi connectivity index (χ4v) is 1.43. The number of rotatable bonds is 6. The summed E-state index contributed by atoms with van der Waals surface area (Å²) >= 11 is 0. The van der Waals surface area contributed by atoms with Crippen LogP contribution in [0.5, 0.6) is 5.88 Å². The average Bonchev–Trinajstić information content (AvgIpc) is 2.37. The maximum absolute atomic E-state index is 8.53. The predicted molar refractivity (Wildman–Crippen MR) is 65.1 cm³/mol. The number of nitrogens with zero attached hydrogens (tertiary/aromatic N) is 3. The normalized spacial score (nSPS) is 11.8. The highest BCUT2D eigenvalue weighted by Gasteiger charge is 2.07. The molecule has 0 bridgehead atoms. The molecule has 0 aliphatic carbocycles. The minimum atomic E-state index is 0.190. The second kappa shape index (κ2) is 6.70. The monoisotopic (exact) mass is 238 g/mol. The Hall–Kier alpha value is -1.82. The maximum Gasteiger partial charge on any atom is 0.213 e. The van der Waals surface area contributed by atoms with E-state index in [4.69, 9.17) is 15.7 Å². The molecule has 0 unspecified atom stereocenters. The summed E-state index contributed by atoms with van der Waals surface area (Å²) in [4.78, 5) is 6.32. The van der Waals surface area contributed by atoms with Gasteiger partial charge in [-0.25, -0.2) is 4.98 Å². The summed E-state index contributed by atoms with van der Waals surface area (Å²) in [5.41, 5.74) is 6.36. The number of nitrogens with two attached hydrogens (primary N) is 1. The van der Waals surface area contributed by atoms with E-state index in [1.807, 2.05) is 24.0 Å². The quantitative estimate of drug-likeness (QED) is 0.329. The fourth-order valence-electron chi connectivity index (χ4n) is 1.43. The van der Waals surface area contributed by atoms with E-state index in [9.17, 15) is 0 Å². The molecule has 0 amide bonds. The molecule has 0 saturated carbocycles. The van der Waals surface area contributed by atoms with Gasteiger partial charge in [0.05, 0.1) is 19.3 Å². The van der Waals surface area contributed by atoms with Crippen LogP contribution in [-0.2, 0) is 6.54 Å². The number of amidine groups is 1. The molecule has 1 rings (SSSR count). The first-order valence-electron chi connectivity index (χ1n) is 5.38. The van der Waals surface area contributed by atoms with E-state index >= 15 is 0 Å². The molecule has 0 fully saturated rings. The Morgan fingerprint density at radius 1 is 1.59 bits per heavy atom. The second-order valence-corrected chi connectivity index (χ2v) is 3.57. The molecule has 1 heterocycles. The molecule has 0 spiro atoms. The Morgan fingerprint density at radius 3 is 2.94 bits per heavy atom. The first kappa shape index (κ1) is 13.2. The molecule has 3 N–H and O–H groups in total. The lowest BCUT2D eigenvalue weighted by molar-refractivity contribution is 0.291. The third-order valence-corrected chi connectivity index (χ3v) is 2.34. The van der Waals surface area contributed by atoms with E-state index in [0.717, 1.165) is 12.2 Å². The van der Waals surface area contributed by atoms with Crippen LogP contribution in [0.25, 0.3) is 0 Å². The van der Waals surface area contributed by atoms with Crippen molar-refractivity contribution in [2.45, 2.75) is 13.5 Å². The Bertz CT molecular complexity index is 381. The van der Waals surface area contributed by atoms with Gasteiger partial charge >= 0.3 is 0 Å². The van der Waals surface area contributed by atoms with Gasteiger partial charge in [-0.05, 0) is 12.6 Å². The Balaban J connectivity index is 2.66. The molecule has 94 valence electrons. The van der Waals surface area contributed by atoms with Gasteiger partial charge in [-0.3, -0.25) is 4.90 Å². The van der Waals surface area contributed by atoms with Gasteiger partial charge in [-0.15, -0.1) is 0 Å². The molecule has 0 aliphatic heterocycles. The number of hydrogen-bond donors (Lipinski definition) is 2. The van der Waals surface area contributed by atoms with Crippen molar-refractivity contribution in [3.63, 3.8) is 0 Å². The summed E-state index contributed by atoms with van der Waals surface area (Å²) in [6, 6.07) is 5.60. The molecule has 6 heteroatoms. The molecule has 1 aromatic heterocycles. The molecule has 0 aromatic carbocycles. The van der Waals surface area contributed by atoms with Gasteiger partial charge in [0.15, 0.2) is 5.84 Å². The molecule has 1 aromatic rings. The van der Waals surface area contributed by atoms with Gasteiger partial charge in [0.1, 0.15) is 0 Å². The van der Waals surface area contributed by atoms with Gasteiger partial charge in [0.25, 0.3) is 0 Å². The van der Waals surface area contributed by atoms with Crippen molar-refractivity contribution < 1.29 is 9.94 Å². The number of oxime groups is 1. The summed E-state index contributed by atoms with van der Waals surface area (Å²) in [7, 11) is 1.58. The lowest BCUT2D eigenvalue weighted by atomic mass is 10.3. The van der Waals surface area contributed by atoms with Gasteiger partial charge in [-0.2, -0.15) is 0 Å². The van der Waals surface area contributed by atoms with Crippen molar-refractivity contribution in [2.24, 2.45) is 10.9 Å². The van der Waals surface area contributed by atoms with Gasteiger partial charge in [0.2, 0.25) is 5.88 Å². The third-order valence-electron chi connectivity index (χ3n) is 2.34. The first-order valence-corrected chi connectivity index (χ1v) is 5.38. The van der Waals surface area contributed by atoms with Crippen molar-refractivity contribution in [2.75, 3.05) is 20.2 Å². The average molecular weight is 238 g/mol. The van der Waals surface area contributed by atoms with Crippen LogP contribution in [0.2, 0.25) is 0 Å². The number of hydrogen-bond acceptors (Lipinski definition) is 5. The molecule has 0 aliphatic rings. The second-order valence-electron chi connectivity index (χ2n) is 3.57. The lowest BCUT2D eigenvalue weighted by Crippen LogP contribution is -2.33.